The summed E-state index contributed by atoms with van der Waals surface area (Å²) in [5.74, 6) is -0.479. The minimum absolute atomic E-state index is 0.231. The molecule has 116 valence electrons. The Morgan fingerprint density at radius 2 is 1.86 bits per heavy atom. The van der Waals surface area contributed by atoms with E-state index in [4.69, 9.17) is 4.74 Å². The van der Waals surface area contributed by atoms with Crippen molar-refractivity contribution >= 4 is 27.7 Å². The first-order valence-corrected chi connectivity index (χ1v) is 8.17. The molecule has 0 bridgehead atoms. The molecule has 0 radical (unpaired) electrons. The summed E-state index contributed by atoms with van der Waals surface area (Å²) in [7, 11) is 0. The van der Waals surface area contributed by atoms with Crippen molar-refractivity contribution in [3.63, 3.8) is 0 Å². The fraction of sp³-hybridized carbons (Fsp3) is 0.529. The predicted molar refractivity (Wildman–Crippen MR) is 87.8 cm³/mol. The first-order valence-electron chi connectivity index (χ1n) is 7.37. The van der Waals surface area contributed by atoms with Crippen LogP contribution < -0.4 is 0 Å². The summed E-state index contributed by atoms with van der Waals surface area (Å²) >= 11 is 3.38. The number of unbranched alkanes of at least 4 members (excludes halogenated alkanes) is 1. The molecule has 0 fully saturated rings. The predicted octanol–water partition coefficient (Wildman–Crippen LogP) is 4.39. The lowest BCUT2D eigenvalue weighted by Gasteiger charge is -2.24. The minimum atomic E-state index is -1.28. The molecular formula is C17H23BrO3. The number of halogens is 1. The van der Waals surface area contributed by atoms with Gasteiger partial charge in [0.15, 0.2) is 10.1 Å². The Labute approximate surface area is 135 Å². The average Bonchev–Trinajstić information content (AvgIpc) is 2.50. The van der Waals surface area contributed by atoms with Crippen LogP contribution in [0.15, 0.2) is 30.3 Å². The minimum Gasteiger partial charge on any atom is -0.464 e. The van der Waals surface area contributed by atoms with Crippen LogP contribution in [0.1, 0.15) is 50.4 Å². The third-order valence-electron chi connectivity index (χ3n) is 3.14. The molecule has 1 rings (SSSR count). The quantitative estimate of drug-likeness (QED) is 0.301. The summed E-state index contributed by atoms with van der Waals surface area (Å²) in [6.07, 6.45) is 2.13. The van der Waals surface area contributed by atoms with Crippen LogP contribution in [0.5, 0.6) is 0 Å². The molecule has 1 unspecified atom stereocenters. The molecule has 0 aliphatic rings. The topological polar surface area (TPSA) is 43.4 Å². The van der Waals surface area contributed by atoms with E-state index < -0.39 is 10.3 Å². The maximum atomic E-state index is 12.7. The van der Waals surface area contributed by atoms with Gasteiger partial charge in [-0.1, -0.05) is 79.9 Å². The highest BCUT2D eigenvalue weighted by Crippen LogP contribution is 2.31. The molecule has 0 heterocycles. The Morgan fingerprint density at radius 1 is 1.24 bits per heavy atom. The van der Waals surface area contributed by atoms with E-state index in [1.807, 2.05) is 26.8 Å². The van der Waals surface area contributed by atoms with Gasteiger partial charge < -0.3 is 4.74 Å². The first kappa shape index (κ1) is 17.9. The number of esters is 1. The Bertz CT molecular complexity index is 470. The number of rotatable bonds is 8. The molecule has 21 heavy (non-hydrogen) atoms. The van der Waals surface area contributed by atoms with Crippen molar-refractivity contribution in [2.75, 3.05) is 6.61 Å². The molecule has 0 aliphatic heterocycles. The highest BCUT2D eigenvalue weighted by molar-refractivity contribution is 9.10. The number of alkyl halides is 1. The van der Waals surface area contributed by atoms with Crippen molar-refractivity contribution in [1.82, 2.24) is 0 Å². The maximum absolute atomic E-state index is 12.7. The molecule has 0 aromatic heterocycles. The second-order valence-electron chi connectivity index (χ2n) is 5.59. The SMILES string of the molecule is CCCCC(Br)(C(=O)OCC(C)C)C(=O)c1ccccc1. The fourth-order valence-corrected chi connectivity index (χ4v) is 2.53. The zero-order chi connectivity index (χ0) is 15.9. The van der Waals surface area contributed by atoms with Crippen LogP contribution in [-0.2, 0) is 9.53 Å². The number of benzene rings is 1. The van der Waals surface area contributed by atoms with Gasteiger partial charge in [-0.15, -0.1) is 0 Å². The largest absolute Gasteiger partial charge is 0.464 e. The van der Waals surface area contributed by atoms with Gasteiger partial charge in [-0.3, -0.25) is 9.59 Å². The summed E-state index contributed by atoms with van der Waals surface area (Å²) < 4.78 is 4.02. The van der Waals surface area contributed by atoms with Gasteiger partial charge >= 0.3 is 5.97 Å². The Morgan fingerprint density at radius 3 is 2.38 bits per heavy atom. The van der Waals surface area contributed by atoms with Gasteiger partial charge in [0.25, 0.3) is 0 Å². The van der Waals surface area contributed by atoms with E-state index in [1.165, 1.54) is 0 Å². The molecule has 4 heteroatoms. The van der Waals surface area contributed by atoms with E-state index in [0.29, 0.717) is 18.6 Å². The van der Waals surface area contributed by atoms with Crippen LogP contribution in [0.3, 0.4) is 0 Å². The molecular weight excluding hydrogens is 332 g/mol. The van der Waals surface area contributed by atoms with E-state index in [9.17, 15) is 9.59 Å². The lowest BCUT2D eigenvalue weighted by molar-refractivity contribution is -0.146. The van der Waals surface area contributed by atoms with Gasteiger partial charge in [0.05, 0.1) is 6.61 Å². The number of carbonyl (C=O) groups excluding carboxylic acids is 2. The van der Waals surface area contributed by atoms with Gasteiger partial charge in [-0.25, -0.2) is 0 Å². The van der Waals surface area contributed by atoms with E-state index in [2.05, 4.69) is 15.9 Å². The van der Waals surface area contributed by atoms with Crippen LogP contribution in [0, 0.1) is 5.92 Å². The van der Waals surface area contributed by atoms with Crippen molar-refractivity contribution in [2.45, 2.75) is 44.4 Å². The smallest absolute Gasteiger partial charge is 0.330 e. The number of hydrogen-bond donors (Lipinski definition) is 0. The second kappa shape index (κ2) is 8.32. The molecule has 1 atom stereocenters. The zero-order valence-corrected chi connectivity index (χ0v) is 14.5. The Balaban J connectivity index is 2.97. The van der Waals surface area contributed by atoms with E-state index in [1.54, 1.807) is 24.3 Å². The molecule has 0 saturated carbocycles. The monoisotopic (exact) mass is 354 g/mol. The lowest BCUT2D eigenvalue weighted by Crippen LogP contribution is -2.42. The van der Waals surface area contributed by atoms with Crippen molar-refractivity contribution in [3.05, 3.63) is 35.9 Å². The highest BCUT2D eigenvalue weighted by atomic mass is 79.9. The summed E-state index contributed by atoms with van der Waals surface area (Å²) in [4.78, 5) is 25.1. The molecule has 1 aromatic carbocycles. The lowest BCUT2D eigenvalue weighted by atomic mass is 9.92. The van der Waals surface area contributed by atoms with Crippen LogP contribution in [0.4, 0.5) is 0 Å². The standard InChI is InChI=1S/C17H23BrO3/c1-4-5-11-17(18,16(20)21-12-13(2)3)15(19)14-9-7-6-8-10-14/h6-10,13H,4-5,11-12H2,1-3H3. The van der Waals surface area contributed by atoms with Gasteiger partial charge in [-0.05, 0) is 12.3 Å². The summed E-state index contributed by atoms with van der Waals surface area (Å²) in [5.41, 5.74) is 0.520. The molecule has 0 aliphatic carbocycles. The number of carbonyl (C=O) groups is 2. The number of ketones is 1. The summed E-state index contributed by atoms with van der Waals surface area (Å²) in [6.45, 7) is 6.28. The summed E-state index contributed by atoms with van der Waals surface area (Å²) in [6, 6.07) is 8.87. The number of ether oxygens (including phenoxy) is 1. The molecule has 0 amide bonds. The molecule has 1 aromatic rings. The Hall–Kier alpha value is -1.16. The molecule has 3 nitrogen and oxygen atoms in total. The summed E-state index contributed by atoms with van der Waals surface area (Å²) in [5, 5.41) is 0. The molecule has 0 spiro atoms. The van der Waals surface area contributed by atoms with Crippen molar-refractivity contribution in [3.8, 4) is 0 Å². The highest BCUT2D eigenvalue weighted by Gasteiger charge is 2.44. The Kier molecular flexibility index (Phi) is 7.09. The van der Waals surface area contributed by atoms with Crippen LogP contribution in [0.2, 0.25) is 0 Å². The van der Waals surface area contributed by atoms with Crippen LogP contribution in [0.25, 0.3) is 0 Å². The average molecular weight is 355 g/mol. The second-order valence-corrected chi connectivity index (χ2v) is 6.95. The van der Waals surface area contributed by atoms with Crippen molar-refractivity contribution < 1.29 is 14.3 Å². The van der Waals surface area contributed by atoms with E-state index in [-0.39, 0.29) is 11.7 Å². The van der Waals surface area contributed by atoms with Crippen molar-refractivity contribution in [2.24, 2.45) is 5.92 Å². The van der Waals surface area contributed by atoms with Gasteiger partial charge in [0.2, 0.25) is 0 Å². The van der Waals surface area contributed by atoms with Gasteiger partial charge in [0, 0.05) is 5.56 Å². The third kappa shape index (κ3) is 4.95. The van der Waals surface area contributed by atoms with Gasteiger partial charge in [-0.2, -0.15) is 0 Å². The number of Topliss-reactive ketones (excluding diaryl/α,β-unsaturated/α-hetero) is 1. The van der Waals surface area contributed by atoms with Crippen LogP contribution in [-0.4, -0.2) is 22.7 Å². The third-order valence-corrected chi connectivity index (χ3v) is 4.22. The van der Waals surface area contributed by atoms with Gasteiger partial charge in [0.1, 0.15) is 0 Å². The first-order chi connectivity index (χ1) is 9.91. The molecule has 0 saturated heterocycles. The normalized spacial score (nSPS) is 13.8. The zero-order valence-electron chi connectivity index (χ0n) is 12.9. The number of hydrogen-bond acceptors (Lipinski definition) is 3. The molecule has 0 N–H and O–H groups in total. The van der Waals surface area contributed by atoms with Crippen molar-refractivity contribution in [1.29, 1.82) is 0 Å². The fourth-order valence-electron chi connectivity index (χ4n) is 1.90. The van der Waals surface area contributed by atoms with Crippen LogP contribution >= 0.6 is 15.9 Å². The van der Waals surface area contributed by atoms with E-state index >= 15 is 0 Å². The maximum Gasteiger partial charge on any atom is 0.330 e. The van der Waals surface area contributed by atoms with E-state index in [0.717, 1.165) is 12.8 Å².